The monoisotopic (exact) mass is 222 g/mol. The van der Waals surface area contributed by atoms with E-state index in [9.17, 15) is 4.57 Å². The molecule has 1 fully saturated rings. The van der Waals surface area contributed by atoms with Crippen molar-refractivity contribution in [3.63, 3.8) is 0 Å². The molecule has 1 heterocycles. The minimum Gasteiger partial charge on any atom is -0.330 e. The summed E-state index contributed by atoms with van der Waals surface area (Å²) in [4.78, 5) is 18.3. The van der Waals surface area contributed by atoms with E-state index in [0.29, 0.717) is 6.54 Å². The highest BCUT2D eigenvalue weighted by molar-refractivity contribution is 7.52. The molecule has 0 bridgehead atoms. The second-order valence-corrected chi connectivity index (χ2v) is 6.03. The smallest absolute Gasteiger partial charge is 0.328 e. The SMILES string of the molecule is CC(C1(CN)CCNCC1)P(=O)(O)O. The first-order chi connectivity index (χ1) is 6.42. The molecule has 1 unspecified atom stereocenters. The van der Waals surface area contributed by atoms with Crippen LogP contribution in [0.25, 0.3) is 0 Å². The molecule has 0 aromatic heterocycles. The van der Waals surface area contributed by atoms with Gasteiger partial charge in [-0.15, -0.1) is 0 Å². The Hall–Kier alpha value is 0.0700. The van der Waals surface area contributed by atoms with Crippen molar-refractivity contribution in [3.05, 3.63) is 0 Å². The minimum atomic E-state index is -4.01. The van der Waals surface area contributed by atoms with Gasteiger partial charge in [0.1, 0.15) is 0 Å². The van der Waals surface area contributed by atoms with E-state index in [1.165, 1.54) is 0 Å². The van der Waals surface area contributed by atoms with Crippen molar-refractivity contribution in [1.29, 1.82) is 0 Å². The number of nitrogens with two attached hydrogens (primary N) is 1. The fourth-order valence-electron chi connectivity index (χ4n) is 2.07. The molecule has 1 saturated heterocycles. The van der Waals surface area contributed by atoms with Crippen LogP contribution in [0.3, 0.4) is 0 Å². The lowest BCUT2D eigenvalue weighted by molar-refractivity contribution is 0.186. The minimum absolute atomic E-state index is 0.348. The zero-order chi connectivity index (χ0) is 10.8. The predicted molar refractivity (Wildman–Crippen MR) is 55.1 cm³/mol. The van der Waals surface area contributed by atoms with E-state index in [-0.39, 0.29) is 5.41 Å². The fraction of sp³-hybridized carbons (Fsp3) is 1.00. The van der Waals surface area contributed by atoms with Crippen LogP contribution in [0.5, 0.6) is 0 Å². The van der Waals surface area contributed by atoms with Crippen LogP contribution >= 0.6 is 7.60 Å². The number of hydrogen-bond donors (Lipinski definition) is 4. The van der Waals surface area contributed by atoms with Gasteiger partial charge in [0.15, 0.2) is 0 Å². The van der Waals surface area contributed by atoms with Crippen molar-refractivity contribution in [2.75, 3.05) is 19.6 Å². The average molecular weight is 222 g/mol. The lowest BCUT2D eigenvalue weighted by Gasteiger charge is -2.41. The number of rotatable bonds is 3. The summed E-state index contributed by atoms with van der Waals surface area (Å²) in [5.41, 5.74) is 4.64. The molecular formula is C8H19N2O3P. The summed E-state index contributed by atoms with van der Waals surface area (Å²) in [7, 11) is -4.01. The molecule has 0 saturated carbocycles. The van der Waals surface area contributed by atoms with Gasteiger partial charge >= 0.3 is 7.60 Å². The summed E-state index contributed by atoms with van der Waals surface area (Å²) in [5, 5.41) is 3.17. The normalized spacial score (nSPS) is 24.6. The molecular weight excluding hydrogens is 203 g/mol. The molecule has 5 nitrogen and oxygen atoms in total. The fourth-order valence-corrected chi connectivity index (χ4v) is 3.15. The van der Waals surface area contributed by atoms with Crippen LogP contribution in [0.2, 0.25) is 0 Å². The third kappa shape index (κ3) is 2.35. The molecule has 1 rings (SSSR count). The Labute approximate surface area is 84.2 Å². The number of piperidine rings is 1. The molecule has 1 atom stereocenters. The third-order valence-electron chi connectivity index (χ3n) is 3.40. The zero-order valence-corrected chi connectivity index (χ0v) is 9.33. The van der Waals surface area contributed by atoms with Gasteiger partial charge in [0.25, 0.3) is 0 Å². The van der Waals surface area contributed by atoms with Crippen molar-refractivity contribution in [3.8, 4) is 0 Å². The highest BCUT2D eigenvalue weighted by atomic mass is 31.2. The summed E-state index contributed by atoms with van der Waals surface area (Å²) < 4.78 is 11.2. The standard InChI is InChI=1S/C8H19N2O3P/c1-7(14(11,12)13)8(6-9)2-4-10-5-3-8/h7,10H,2-6,9H2,1H3,(H2,11,12,13). The van der Waals surface area contributed by atoms with Crippen molar-refractivity contribution in [2.24, 2.45) is 11.1 Å². The van der Waals surface area contributed by atoms with Crippen molar-refractivity contribution >= 4 is 7.60 Å². The van der Waals surface area contributed by atoms with Gasteiger partial charge in [0, 0.05) is 0 Å². The average Bonchev–Trinajstić information content (AvgIpc) is 2.16. The van der Waals surface area contributed by atoms with E-state index >= 15 is 0 Å². The molecule has 0 aliphatic carbocycles. The summed E-state index contributed by atoms with van der Waals surface area (Å²) in [6.45, 7) is 3.54. The molecule has 1 aliphatic heterocycles. The lowest BCUT2D eigenvalue weighted by Crippen LogP contribution is -2.47. The lowest BCUT2D eigenvalue weighted by atomic mass is 9.76. The maximum absolute atomic E-state index is 11.2. The van der Waals surface area contributed by atoms with Crippen LogP contribution in [-0.2, 0) is 4.57 Å². The quantitative estimate of drug-likeness (QED) is 0.499. The van der Waals surface area contributed by atoms with Gasteiger partial charge < -0.3 is 20.8 Å². The van der Waals surface area contributed by atoms with E-state index in [1.54, 1.807) is 6.92 Å². The molecule has 0 amide bonds. The first-order valence-corrected chi connectivity index (χ1v) is 6.56. The molecule has 0 radical (unpaired) electrons. The van der Waals surface area contributed by atoms with Gasteiger partial charge in [-0.3, -0.25) is 4.57 Å². The molecule has 5 N–H and O–H groups in total. The van der Waals surface area contributed by atoms with Gasteiger partial charge in [-0.05, 0) is 37.9 Å². The second-order valence-electron chi connectivity index (χ2n) is 4.08. The van der Waals surface area contributed by atoms with Gasteiger partial charge in [-0.25, -0.2) is 0 Å². The van der Waals surface area contributed by atoms with Crippen LogP contribution in [0.4, 0.5) is 0 Å². The Morgan fingerprint density at radius 2 is 2.00 bits per heavy atom. The molecule has 0 spiro atoms. The van der Waals surface area contributed by atoms with E-state index < -0.39 is 13.3 Å². The Morgan fingerprint density at radius 3 is 2.36 bits per heavy atom. The molecule has 0 aromatic rings. The molecule has 0 aromatic carbocycles. The number of hydrogen-bond acceptors (Lipinski definition) is 3. The highest BCUT2D eigenvalue weighted by Gasteiger charge is 2.44. The molecule has 6 heteroatoms. The predicted octanol–water partition coefficient (Wildman–Crippen LogP) is -0.119. The maximum atomic E-state index is 11.2. The van der Waals surface area contributed by atoms with Crippen molar-refractivity contribution in [1.82, 2.24) is 5.32 Å². The van der Waals surface area contributed by atoms with Gasteiger partial charge in [-0.2, -0.15) is 0 Å². The van der Waals surface area contributed by atoms with E-state index in [2.05, 4.69) is 5.32 Å². The van der Waals surface area contributed by atoms with Gasteiger partial charge in [-0.1, -0.05) is 6.92 Å². The van der Waals surface area contributed by atoms with Gasteiger partial charge in [0.05, 0.1) is 5.66 Å². The summed E-state index contributed by atoms with van der Waals surface area (Å²) >= 11 is 0. The third-order valence-corrected chi connectivity index (χ3v) is 4.95. The van der Waals surface area contributed by atoms with Crippen molar-refractivity contribution < 1.29 is 14.4 Å². The second kappa shape index (κ2) is 4.29. The summed E-state index contributed by atoms with van der Waals surface area (Å²) in [6, 6.07) is 0. The number of nitrogens with one attached hydrogen (secondary N) is 1. The van der Waals surface area contributed by atoms with Crippen LogP contribution in [0.1, 0.15) is 19.8 Å². The van der Waals surface area contributed by atoms with Crippen LogP contribution in [0.15, 0.2) is 0 Å². The Morgan fingerprint density at radius 1 is 1.50 bits per heavy atom. The van der Waals surface area contributed by atoms with Crippen LogP contribution in [-0.4, -0.2) is 35.1 Å². The molecule has 84 valence electrons. The Bertz CT molecular complexity index is 235. The first kappa shape index (κ1) is 12.1. The van der Waals surface area contributed by atoms with Crippen LogP contribution < -0.4 is 11.1 Å². The summed E-state index contributed by atoms with van der Waals surface area (Å²) in [5.74, 6) is 0. The Balaban J connectivity index is 2.82. The molecule has 1 aliphatic rings. The Kier molecular flexibility index (Phi) is 3.72. The van der Waals surface area contributed by atoms with E-state index in [0.717, 1.165) is 25.9 Å². The van der Waals surface area contributed by atoms with E-state index in [1.807, 2.05) is 0 Å². The topological polar surface area (TPSA) is 95.6 Å². The molecule has 14 heavy (non-hydrogen) atoms. The highest BCUT2D eigenvalue weighted by Crippen LogP contribution is 2.52. The summed E-state index contributed by atoms with van der Waals surface area (Å²) in [6.07, 6.45) is 1.49. The van der Waals surface area contributed by atoms with Crippen molar-refractivity contribution in [2.45, 2.75) is 25.4 Å². The van der Waals surface area contributed by atoms with E-state index in [4.69, 9.17) is 15.5 Å². The largest absolute Gasteiger partial charge is 0.330 e. The first-order valence-electron chi connectivity index (χ1n) is 4.88. The van der Waals surface area contributed by atoms with Gasteiger partial charge in [0.2, 0.25) is 0 Å². The zero-order valence-electron chi connectivity index (χ0n) is 8.44. The van der Waals surface area contributed by atoms with Crippen LogP contribution in [0, 0.1) is 5.41 Å². The maximum Gasteiger partial charge on any atom is 0.328 e.